The fourth-order valence-corrected chi connectivity index (χ4v) is 5.11. The predicted molar refractivity (Wildman–Crippen MR) is 125 cm³/mol. The normalized spacial score (nSPS) is 14.8. The number of anilines is 1. The van der Waals surface area contributed by atoms with E-state index in [1.807, 2.05) is 24.3 Å². The van der Waals surface area contributed by atoms with Crippen LogP contribution in [0.2, 0.25) is 0 Å². The Hall–Kier alpha value is -2.42. The van der Waals surface area contributed by atoms with Gasteiger partial charge in [0.2, 0.25) is 15.9 Å². The lowest BCUT2D eigenvalue weighted by atomic mass is 10.1. The molecule has 32 heavy (non-hydrogen) atoms. The first-order valence-electron chi connectivity index (χ1n) is 11.1. The van der Waals surface area contributed by atoms with Crippen molar-refractivity contribution in [2.45, 2.75) is 43.9 Å². The van der Waals surface area contributed by atoms with Crippen LogP contribution in [0.5, 0.6) is 5.75 Å². The lowest BCUT2D eigenvalue weighted by Gasteiger charge is -2.26. The molecule has 1 amide bonds. The van der Waals surface area contributed by atoms with Gasteiger partial charge in [-0.2, -0.15) is 4.31 Å². The van der Waals surface area contributed by atoms with Gasteiger partial charge in [0.25, 0.3) is 0 Å². The van der Waals surface area contributed by atoms with Gasteiger partial charge in [-0.3, -0.25) is 4.79 Å². The van der Waals surface area contributed by atoms with Gasteiger partial charge in [0.1, 0.15) is 5.75 Å². The molecule has 2 aromatic carbocycles. The van der Waals surface area contributed by atoms with Crippen molar-refractivity contribution in [2.24, 2.45) is 0 Å². The molecule has 0 bridgehead atoms. The van der Waals surface area contributed by atoms with Gasteiger partial charge in [-0.1, -0.05) is 25.5 Å². The maximum Gasteiger partial charge on any atom is 0.243 e. The molecular formula is C24H32N2O5S. The van der Waals surface area contributed by atoms with Crippen molar-refractivity contribution in [3.05, 3.63) is 53.6 Å². The number of benzene rings is 2. The first kappa shape index (κ1) is 24.2. The van der Waals surface area contributed by atoms with E-state index in [-0.39, 0.29) is 17.2 Å². The standard InChI is InChI=1S/C24H32N2O5S/c1-3-4-5-19-6-9-21(10-7-19)25-24(27)13-8-20-18-22(11-12-23(20)30-2)32(28,29)26-14-16-31-17-15-26/h6-7,9-12,18H,3-5,8,13-17H2,1-2H3,(H,25,27). The summed E-state index contributed by atoms with van der Waals surface area (Å²) < 4.78 is 38.0. The molecule has 1 aliphatic heterocycles. The van der Waals surface area contributed by atoms with Crippen molar-refractivity contribution in [1.29, 1.82) is 0 Å². The van der Waals surface area contributed by atoms with Gasteiger partial charge in [-0.05, 0) is 60.7 Å². The van der Waals surface area contributed by atoms with Gasteiger partial charge in [0, 0.05) is 25.2 Å². The van der Waals surface area contributed by atoms with Gasteiger partial charge in [0.05, 0.1) is 25.2 Å². The van der Waals surface area contributed by atoms with E-state index in [9.17, 15) is 13.2 Å². The van der Waals surface area contributed by atoms with Crippen LogP contribution in [0.1, 0.15) is 37.3 Å². The lowest BCUT2D eigenvalue weighted by Crippen LogP contribution is -2.40. The van der Waals surface area contributed by atoms with Crippen LogP contribution >= 0.6 is 0 Å². The van der Waals surface area contributed by atoms with Crippen molar-refractivity contribution >= 4 is 21.6 Å². The molecule has 1 fully saturated rings. The fraction of sp³-hybridized carbons (Fsp3) is 0.458. The number of hydrogen-bond donors (Lipinski definition) is 1. The van der Waals surface area contributed by atoms with Crippen LogP contribution in [-0.2, 0) is 32.4 Å². The zero-order valence-corrected chi connectivity index (χ0v) is 19.6. The minimum atomic E-state index is -3.61. The Labute approximate surface area is 190 Å². The van der Waals surface area contributed by atoms with Crippen molar-refractivity contribution < 1.29 is 22.7 Å². The van der Waals surface area contributed by atoms with Gasteiger partial charge >= 0.3 is 0 Å². The van der Waals surface area contributed by atoms with E-state index in [1.165, 1.54) is 17.0 Å². The van der Waals surface area contributed by atoms with E-state index < -0.39 is 10.0 Å². The summed E-state index contributed by atoms with van der Waals surface area (Å²) in [7, 11) is -2.07. The average molecular weight is 461 g/mol. The third-order valence-electron chi connectivity index (χ3n) is 5.54. The van der Waals surface area contributed by atoms with Crippen molar-refractivity contribution in [3.63, 3.8) is 0 Å². The molecule has 174 valence electrons. The molecule has 0 aromatic heterocycles. The molecule has 0 radical (unpaired) electrons. The van der Waals surface area contributed by atoms with E-state index in [0.29, 0.717) is 44.0 Å². The van der Waals surface area contributed by atoms with Gasteiger partial charge in [0.15, 0.2) is 0 Å². The maximum absolute atomic E-state index is 13.0. The Morgan fingerprint density at radius 1 is 1.09 bits per heavy atom. The first-order chi connectivity index (χ1) is 15.4. The van der Waals surface area contributed by atoms with E-state index in [0.717, 1.165) is 24.9 Å². The zero-order chi connectivity index (χ0) is 23.0. The summed E-state index contributed by atoms with van der Waals surface area (Å²) in [4.78, 5) is 12.7. The molecule has 1 aliphatic rings. The quantitative estimate of drug-likeness (QED) is 0.585. The topological polar surface area (TPSA) is 84.9 Å². The molecule has 1 heterocycles. The lowest BCUT2D eigenvalue weighted by molar-refractivity contribution is -0.116. The number of morpholine rings is 1. The predicted octanol–water partition coefficient (Wildman–Crippen LogP) is 3.63. The van der Waals surface area contributed by atoms with E-state index in [4.69, 9.17) is 9.47 Å². The second-order valence-electron chi connectivity index (χ2n) is 7.84. The molecule has 0 atom stereocenters. The molecule has 0 unspecified atom stereocenters. The molecule has 0 spiro atoms. The number of sulfonamides is 1. The van der Waals surface area contributed by atoms with Crippen LogP contribution in [0, 0.1) is 0 Å². The second kappa shape index (κ2) is 11.4. The Morgan fingerprint density at radius 3 is 2.47 bits per heavy atom. The summed E-state index contributed by atoms with van der Waals surface area (Å²) in [5.41, 5.74) is 2.70. The molecule has 8 heteroatoms. The van der Waals surface area contributed by atoms with Gasteiger partial charge in [-0.25, -0.2) is 8.42 Å². The van der Waals surface area contributed by atoms with Crippen LogP contribution in [0.3, 0.4) is 0 Å². The Bertz CT molecular complexity index is 1000. The van der Waals surface area contributed by atoms with Crippen LogP contribution < -0.4 is 10.1 Å². The average Bonchev–Trinajstić information content (AvgIpc) is 2.82. The number of ether oxygens (including phenoxy) is 2. The van der Waals surface area contributed by atoms with Crippen molar-refractivity contribution in [1.82, 2.24) is 4.31 Å². The van der Waals surface area contributed by atoms with Gasteiger partial charge in [-0.15, -0.1) is 0 Å². The summed E-state index contributed by atoms with van der Waals surface area (Å²) in [5, 5.41) is 2.91. The third kappa shape index (κ3) is 6.31. The summed E-state index contributed by atoms with van der Waals surface area (Å²) in [6.07, 6.45) is 3.92. The van der Waals surface area contributed by atoms with Crippen LogP contribution in [0.15, 0.2) is 47.4 Å². The Kier molecular flexibility index (Phi) is 8.67. The zero-order valence-electron chi connectivity index (χ0n) is 18.8. The molecule has 0 saturated carbocycles. The largest absolute Gasteiger partial charge is 0.496 e. The Morgan fingerprint density at radius 2 is 1.81 bits per heavy atom. The molecule has 2 aromatic rings. The highest BCUT2D eigenvalue weighted by molar-refractivity contribution is 7.89. The van der Waals surface area contributed by atoms with Crippen molar-refractivity contribution in [3.8, 4) is 5.75 Å². The number of aryl methyl sites for hydroxylation is 2. The highest BCUT2D eigenvalue weighted by Crippen LogP contribution is 2.26. The molecule has 1 N–H and O–H groups in total. The Balaban J connectivity index is 1.64. The molecule has 1 saturated heterocycles. The number of carbonyl (C=O) groups excluding carboxylic acids is 1. The van der Waals surface area contributed by atoms with Gasteiger partial charge < -0.3 is 14.8 Å². The van der Waals surface area contributed by atoms with E-state index >= 15 is 0 Å². The summed E-state index contributed by atoms with van der Waals surface area (Å²) in [6.45, 7) is 3.62. The molecule has 7 nitrogen and oxygen atoms in total. The highest BCUT2D eigenvalue weighted by atomic mass is 32.2. The SMILES string of the molecule is CCCCc1ccc(NC(=O)CCc2cc(S(=O)(=O)N3CCOCC3)ccc2OC)cc1. The number of hydrogen-bond acceptors (Lipinski definition) is 5. The smallest absolute Gasteiger partial charge is 0.243 e. The molecular weight excluding hydrogens is 428 g/mol. The summed E-state index contributed by atoms with van der Waals surface area (Å²) in [5.74, 6) is 0.439. The summed E-state index contributed by atoms with van der Waals surface area (Å²) >= 11 is 0. The number of amides is 1. The first-order valence-corrected chi connectivity index (χ1v) is 12.5. The number of nitrogens with one attached hydrogen (secondary N) is 1. The molecule has 0 aliphatic carbocycles. The minimum absolute atomic E-state index is 0.130. The third-order valence-corrected chi connectivity index (χ3v) is 7.43. The van der Waals surface area contributed by atoms with Crippen LogP contribution in [-0.4, -0.2) is 52.0 Å². The van der Waals surface area contributed by atoms with E-state index in [1.54, 1.807) is 18.2 Å². The highest BCUT2D eigenvalue weighted by Gasteiger charge is 2.27. The number of rotatable bonds is 10. The van der Waals surface area contributed by atoms with Crippen LogP contribution in [0.25, 0.3) is 0 Å². The van der Waals surface area contributed by atoms with Crippen LogP contribution in [0.4, 0.5) is 5.69 Å². The number of unbranched alkanes of at least 4 members (excludes halogenated alkanes) is 1. The minimum Gasteiger partial charge on any atom is -0.496 e. The fourth-order valence-electron chi connectivity index (χ4n) is 3.65. The number of methoxy groups -OCH3 is 1. The number of nitrogens with zero attached hydrogens (tertiary/aromatic N) is 1. The maximum atomic E-state index is 13.0. The second-order valence-corrected chi connectivity index (χ2v) is 9.78. The monoisotopic (exact) mass is 460 g/mol. The summed E-state index contributed by atoms with van der Waals surface area (Å²) in [6, 6.07) is 12.7. The van der Waals surface area contributed by atoms with E-state index in [2.05, 4.69) is 12.2 Å². The van der Waals surface area contributed by atoms with Crippen molar-refractivity contribution in [2.75, 3.05) is 38.7 Å². The number of carbonyl (C=O) groups is 1. The molecule has 3 rings (SSSR count).